The lowest BCUT2D eigenvalue weighted by Gasteiger charge is -2.31. The molecule has 0 radical (unpaired) electrons. The molecule has 32 heavy (non-hydrogen) atoms. The average molecular weight is 460 g/mol. The van der Waals surface area contributed by atoms with Gasteiger partial charge in [0.15, 0.2) is 0 Å². The number of carbonyl (C=O) groups is 1. The van der Waals surface area contributed by atoms with Gasteiger partial charge >= 0.3 is 0 Å². The van der Waals surface area contributed by atoms with Crippen molar-refractivity contribution < 1.29 is 17.9 Å². The summed E-state index contributed by atoms with van der Waals surface area (Å²) >= 11 is 0. The third-order valence-electron chi connectivity index (χ3n) is 6.08. The first-order valence-electron chi connectivity index (χ1n) is 10.9. The van der Waals surface area contributed by atoms with Gasteiger partial charge in [0, 0.05) is 25.6 Å². The molecule has 0 bridgehead atoms. The summed E-state index contributed by atoms with van der Waals surface area (Å²) in [6.45, 7) is 3.11. The fourth-order valence-electron chi connectivity index (χ4n) is 3.98. The van der Waals surface area contributed by atoms with Crippen molar-refractivity contribution >= 4 is 15.9 Å². The number of sulfonamides is 1. The summed E-state index contributed by atoms with van der Waals surface area (Å²) < 4.78 is 32.5. The van der Waals surface area contributed by atoms with E-state index in [0.29, 0.717) is 37.4 Å². The molecule has 1 fully saturated rings. The molecule has 1 unspecified atom stereocenters. The Morgan fingerprint density at radius 1 is 1.09 bits per heavy atom. The van der Waals surface area contributed by atoms with Crippen molar-refractivity contribution in [1.82, 2.24) is 14.5 Å². The van der Waals surface area contributed by atoms with E-state index in [1.807, 2.05) is 45.3 Å². The smallest absolute Gasteiger partial charge is 0.243 e. The van der Waals surface area contributed by atoms with Gasteiger partial charge in [-0.2, -0.15) is 4.31 Å². The molecular formula is C24H33N3O4S. The molecule has 1 N–H and O–H groups in total. The van der Waals surface area contributed by atoms with Crippen molar-refractivity contribution in [1.29, 1.82) is 0 Å². The Hall–Kier alpha value is -2.42. The third-order valence-corrected chi connectivity index (χ3v) is 7.99. The standard InChI is InChI=1S/C24H33N3O4S/c1-18-5-11-22(12-6-18)32(29,30)27-15-13-20(14-16-27)24(28)25-17-23(26(2)3)19-7-9-21(31-4)10-8-19/h5-12,20,23H,13-17H2,1-4H3,(H,25,28). The minimum absolute atomic E-state index is 0.0160. The summed E-state index contributed by atoms with van der Waals surface area (Å²) in [6.07, 6.45) is 1.04. The highest BCUT2D eigenvalue weighted by atomic mass is 32.2. The van der Waals surface area contributed by atoms with Crippen LogP contribution >= 0.6 is 0 Å². The normalized spacial score (nSPS) is 16.7. The average Bonchev–Trinajstić information content (AvgIpc) is 2.79. The Bertz CT molecular complexity index is 997. The van der Waals surface area contributed by atoms with Crippen LogP contribution in [0.25, 0.3) is 0 Å². The molecule has 174 valence electrons. The van der Waals surface area contributed by atoms with Crippen LogP contribution in [0.15, 0.2) is 53.4 Å². The first-order chi connectivity index (χ1) is 15.2. The number of hydrogen-bond acceptors (Lipinski definition) is 5. The van der Waals surface area contributed by atoms with Gasteiger partial charge in [-0.15, -0.1) is 0 Å². The van der Waals surface area contributed by atoms with Crippen molar-refractivity contribution in [2.24, 2.45) is 5.92 Å². The lowest BCUT2D eigenvalue weighted by molar-refractivity contribution is -0.126. The number of likely N-dealkylation sites (N-methyl/N-ethyl adjacent to an activating group) is 1. The monoisotopic (exact) mass is 459 g/mol. The molecule has 7 nitrogen and oxygen atoms in total. The minimum Gasteiger partial charge on any atom is -0.497 e. The first-order valence-corrected chi connectivity index (χ1v) is 12.3. The van der Waals surface area contributed by atoms with Gasteiger partial charge in [-0.05, 0) is 63.7 Å². The maximum atomic E-state index is 12.9. The van der Waals surface area contributed by atoms with Crippen molar-refractivity contribution in [3.05, 3.63) is 59.7 Å². The number of carbonyl (C=O) groups excluding carboxylic acids is 1. The van der Waals surface area contributed by atoms with Crippen molar-refractivity contribution in [2.75, 3.05) is 40.8 Å². The summed E-state index contributed by atoms with van der Waals surface area (Å²) in [6, 6.07) is 14.8. The highest BCUT2D eigenvalue weighted by Gasteiger charge is 2.32. The molecule has 1 atom stereocenters. The zero-order chi connectivity index (χ0) is 23.3. The molecule has 0 spiro atoms. The Balaban J connectivity index is 1.56. The van der Waals surface area contributed by atoms with Gasteiger partial charge in [0.25, 0.3) is 0 Å². The fraction of sp³-hybridized carbons (Fsp3) is 0.458. The van der Waals surface area contributed by atoms with E-state index in [1.54, 1.807) is 31.4 Å². The molecule has 2 aromatic rings. The molecule has 2 aromatic carbocycles. The van der Waals surface area contributed by atoms with Crippen LogP contribution < -0.4 is 10.1 Å². The van der Waals surface area contributed by atoms with Crippen LogP contribution in [0.4, 0.5) is 0 Å². The number of methoxy groups -OCH3 is 1. The van der Waals surface area contributed by atoms with Crippen LogP contribution in [-0.2, 0) is 14.8 Å². The van der Waals surface area contributed by atoms with E-state index in [1.165, 1.54) is 4.31 Å². The van der Waals surface area contributed by atoms with E-state index in [4.69, 9.17) is 4.74 Å². The molecule has 1 amide bonds. The highest BCUT2D eigenvalue weighted by Crippen LogP contribution is 2.25. The van der Waals surface area contributed by atoms with Crippen LogP contribution in [0.3, 0.4) is 0 Å². The molecule has 1 heterocycles. The largest absolute Gasteiger partial charge is 0.497 e. The Kier molecular flexibility index (Phi) is 7.92. The van der Waals surface area contributed by atoms with Gasteiger partial charge in [-0.1, -0.05) is 29.8 Å². The van der Waals surface area contributed by atoms with Gasteiger partial charge in [-0.3, -0.25) is 4.79 Å². The molecular weight excluding hydrogens is 426 g/mol. The maximum Gasteiger partial charge on any atom is 0.243 e. The topological polar surface area (TPSA) is 79.0 Å². The number of piperidine rings is 1. The second-order valence-corrected chi connectivity index (χ2v) is 10.4. The predicted octanol–water partition coefficient (Wildman–Crippen LogP) is 2.82. The van der Waals surface area contributed by atoms with E-state index in [-0.39, 0.29) is 17.9 Å². The number of nitrogens with zero attached hydrogens (tertiary/aromatic N) is 2. The molecule has 1 saturated heterocycles. The SMILES string of the molecule is COc1ccc(C(CNC(=O)C2CCN(S(=O)(=O)c3ccc(C)cc3)CC2)N(C)C)cc1. The number of aryl methyl sites for hydroxylation is 1. The van der Waals surface area contributed by atoms with Crippen LogP contribution in [0.2, 0.25) is 0 Å². The van der Waals surface area contributed by atoms with E-state index < -0.39 is 10.0 Å². The van der Waals surface area contributed by atoms with Crippen LogP contribution in [0.1, 0.15) is 30.0 Å². The Morgan fingerprint density at radius 3 is 2.22 bits per heavy atom. The van der Waals surface area contributed by atoms with Crippen LogP contribution in [0.5, 0.6) is 5.75 Å². The summed E-state index contributed by atoms with van der Waals surface area (Å²) in [5.74, 6) is 0.596. The zero-order valence-corrected chi connectivity index (χ0v) is 20.1. The van der Waals surface area contributed by atoms with Gasteiger partial charge in [0.2, 0.25) is 15.9 Å². The molecule has 3 rings (SSSR count). The summed E-state index contributed by atoms with van der Waals surface area (Å²) in [5, 5.41) is 3.07. The summed E-state index contributed by atoms with van der Waals surface area (Å²) in [4.78, 5) is 15.2. The summed E-state index contributed by atoms with van der Waals surface area (Å²) in [5.41, 5.74) is 2.11. The Labute approximate surface area is 191 Å². The lowest BCUT2D eigenvalue weighted by Crippen LogP contribution is -2.44. The van der Waals surface area contributed by atoms with E-state index in [9.17, 15) is 13.2 Å². The number of benzene rings is 2. The van der Waals surface area contributed by atoms with E-state index >= 15 is 0 Å². The highest BCUT2D eigenvalue weighted by molar-refractivity contribution is 7.89. The Morgan fingerprint density at radius 2 is 1.69 bits per heavy atom. The van der Waals surface area contributed by atoms with Crippen LogP contribution in [-0.4, -0.2) is 64.4 Å². The number of hydrogen-bond donors (Lipinski definition) is 1. The van der Waals surface area contributed by atoms with Gasteiger partial charge in [0.1, 0.15) is 5.75 Å². The quantitative estimate of drug-likeness (QED) is 0.657. The molecule has 0 saturated carbocycles. The van der Waals surface area contributed by atoms with Crippen molar-refractivity contribution in [3.63, 3.8) is 0 Å². The van der Waals surface area contributed by atoms with Gasteiger partial charge < -0.3 is 15.0 Å². The second kappa shape index (κ2) is 10.5. The molecule has 1 aliphatic rings. The number of rotatable bonds is 8. The van der Waals surface area contributed by atoms with E-state index in [2.05, 4.69) is 10.2 Å². The summed E-state index contributed by atoms with van der Waals surface area (Å²) in [7, 11) is 2.08. The fourth-order valence-corrected chi connectivity index (χ4v) is 5.45. The van der Waals surface area contributed by atoms with Crippen molar-refractivity contribution in [3.8, 4) is 5.75 Å². The minimum atomic E-state index is -3.52. The number of amides is 1. The number of ether oxygens (including phenoxy) is 1. The van der Waals surface area contributed by atoms with Gasteiger partial charge in [0.05, 0.1) is 18.0 Å². The first kappa shape index (κ1) is 24.2. The predicted molar refractivity (Wildman–Crippen MR) is 125 cm³/mol. The lowest BCUT2D eigenvalue weighted by atomic mass is 9.97. The van der Waals surface area contributed by atoms with Gasteiger partial charge in [-0.25, -0.2) is 8.42 Å². The molecule has 0 aliphatic carbocycles. The second-order valence-electron chi connectivity index (χ2n) is 8.49. The zero-order valence-electron chi connectivity index (χ0n) is 19.2. The van der Waals surface area contributed by atoms with Crippen LogP contribution in [0, 0.1) is 12.8 Å². The molecule has 8 heteroatoms. The molecule has 1 aliphatic heterocycles. The van der Waals surface area contributed by atoms with E-state index in [0.717, 1.165) is 16.9 Å². The third kappa shape index (κ3) is 5.68. The maximum absolute atomic E-state index is 12.9. The molecule has 0 aromatic heterocycles. The van der Waals surface area contributed by atoms with Crippen molar-refractivity contribution in [2.45, 2.75) is 30.7 Å². The number of nitrogens with one attached hydrogen (secondary N) is 1.